The van der Waals surface area contributed by atoms with Crippen molar-refractivity contribution in [2.45, 2.75) is 33.4 Å². The molecule has 4 N–H and O–H groups in total. The first-order valence-electron chi connectivity index (χ1n) is 5.39. The Morgan fingerprint density at radius 3 is 2.29 bits per heavy atom. The van der Waals surface area contributed by atoms with Gasteiger partial charge in [0.25, 0.3) is 0 Å². The number of nitrogens with one attached hydrogen (secondary N) is 1. The molecule has 17 heavy (non-hydrogen) atoms. The molecule has 0 radical (unpaired) electrons. The standard InChI is InChI=1S/C10H20F3N3O/c1-4-9(2,3)6-15-5-7(8(14)16-17)10(11,12)13/h7,15,17H,4-6H2,1-3H3,(H2,14,16). The molecule has 0 aliphatic heterocycles. The Morgan fingerprint density at radius 1 is 1.41 bits per heavy atom. The van der Waals surface area contributed by atoms with Crippen LogP contribution >= 0.6 is 0 Å². The average Bonchev–Trinajstić information content (AvgIpc) is 2.21. The number of nitrogens with two attached hydrogens (primary N) is 1. The second-order valence-corrected chi connectivity index (χ2v) is 4.77. The minimum atomic E-state index is -4.51. The van der Waals surface area contributed by atoms with E-state index in [0.29, 0.717) is 6.54 Å². The lowest BCUT2D eigenvalue weighted by Crippen LogP contribution is -2.44. The van der Waals surface area contributed by atoms with E-state index in [1.54, 1.807) is 0 Å². The summed E-state index contributed by atoms with van der Waals surface area (Å²) in [5.74, 6) is -2.78. The maximum atomic E-state index is 12.5. The molecular weight excluding hydrogens is 235 g/mol. The van der Waals surface area contributed by atoms with Gasteiger partial charge < -0.3 is 16.3 Å². The predicted octanol–water partition coefficient (Wildman–Crippen LogP) is 1.94. The molecule has 1 unspecified atom stereocenters. The zero-order valence-corrected chi connectivity index (χ0v) is 10.3. The number of hydrogen-bond donors (Lipinski definition) is 3. The molecule has 0 aromatic carbocycles. The highest BCUT2D eigenvalue weighted by atomic mass is 19.4. The Morgan fingerprint density at radius 2 is 1.94 bits per heavy atom. The Labute approximate surface area is 99.1 Å². The first-order valence-corrected chi connectivity index (χ1v) is 5.39. The summed E-state index contributed by atoms with van der Waals surface area (Å²) in [5, 5.41) is 13.4. The Balaban J connectivity index is 4.40. The van der Waals surface area contributed by atoms with Gasteiger partial charge >= 0.3 is 6.18 Å². The molecule has 0 rings (SSSR count). The van der Waals surface area contributed by atoms with Crippen molar-refractivity contribution in [2.75, 3.05) is 13.1 Å². The summed E-state index contributed by atoms with van der Waals surface area (Å²) in [6.45, 7) is 5.92. The van der Waals surface area contributed by atoms with E-state index in [2.05, 4.69) is 10.5 Å². The summed E-state index contributed by atoms with van der Waals surface area (Å²) in [5.41, 5.74) is 4.94. The summed E-state index contributed by atoms with van der Waals surface area (Å²) in [7, 11) is 0. The van der Waals surface area contributed by atoms with Gasteiger partial charge in [-0.1, -0.05) is 25.9 Å². The van der Waals surface area contributed by atoms with Crippen molar-refractivity contribution >= 4 is 5.84 Å². The Kier molecular flexibility index (Phi) is 5.74. The van der Waals surface area contributed by atoms with Crippen LogP contribution in [0.5, 0.6) is 0 Å². The van der Waals surface area contributed by atoms with E-state index in [0.717, 1.165) is 6.42 Å². The van der Waals surface area contributed by atoms with E-state index in [1.165, 1.54) is 0 Å². The summed E-state index contributed by atoms with van der Waals surface area (Å²) >= 11 is 0. The van der Waals surface area contributed by atoms with Crippen molar-refractivity contribution in [3.05, 3.63) is 0 Å². The third kappa shape index (κ3) is 5.76. The molecule has 0 aliphatic carbocycles. The highest BCUT2D eigenvalue weighted by Gasteiger charge is 2.42. The van der Waals surface area contributed by atoms with Gasteiger partial charge in [-0.15, -0.1) is 0 Å². The fourth-order valence-corrected chi connectivity index (χ4v) is 1.14. The second-order valence-electron chi connectivity index (χ2n) is 4.77. The van der Waals surface area contributed by atoms with Crippen LogP contribution in [0.1, 0.15) is 27.2 Å². The molecule has 7 heteroatoms. The number of alkyl halides is 3. The smallest absolute Gasteiger partial charge is 0.400 e. The van der Waals surface area contributed by atoms with E-state index in [1.807, 2.05) is 20.8 Å². The molecule has 0 amide bonds. The van der Waals surface area contributed by atoms with Crippen LogP contribution in [-0.4, -0.2) is 30.3 Å². The van der Waals surface area contributed by atoms with Crippen LogP contribution < -0.4 is 11.1 Å². The molecule has 0 spiro atoms. The number of nitrogens with zero attached hydrogens (tertiary/aromatic N) is 1. The van der Waals surface area contributed by atoms with Gasteiger partial charge in [-0.05, 0) is 11.8 Å². The predicted molar refractivity (Wildman–Crippen MR) is 59.9 cm³/mol. The van der Waals surface area contributed by atoms with Crippen molar-refractivity contribution in [3.63, 3.8) is 0 Å². The maximum absolute atomic E-state index is 12.5. The van der Waals surface area contributed by atoms with Crippen LogP contribution in [0.25, 0.3) is 0 Å². The van der Waals surface area contributed by atoms with Crippen molar-refractivity contribution in [1.82, 2.24) is 5.32 Å². The lowest BCUT2D eigenvalue weighted by atomic mass is 9.90. The van der Waals surface area contributed by atoms with Gasteiger partial charge in [0, 0.05) is 13.1 Å². The molecule has 0 saturated heterocycles. The quantitative estimate of drug-likeness (QED) is 0.294. The van der Waals surface area contributed by atoms with Gasteiger partial charge in [0.05, 0.1) is 0 Å². The monoisotopic (exact) mass is 255 g/mol. The zero-order valence-electron chi connectivity index (χ0n) is 10.3. The number of halogens is 3. The number of hydrogen-bond acceptors (Lipinski definition) is 3. The molecule has 0 bridgehead atoms. The summed E-state index contributed by atoms with van der Waals surface area (Å²) in [4.78, 5) is 0. The van der Waals surface area contributed by atoms with E-state index in [9.17, 15) is 13.2 Å². The van der Waals surface area contributed by atoms with Gasteiger partial charge in [0.2, 0.25) is 0 Å². The van der Waals surface area contributed by atoms with E-state index in [4.69, 9.17) is 10.9 Å². The van der Waals surface area contributed by atoms with Crippen molar-refractivity contribution < 1.29 is 18.4 Å². The Bertz CT molecular complexity index is 264. The lowest BCUT2D eigenvalue weighted by Gasteiger charge is -2.25. The zero-order chi connectivity index (χ0) is 13.7. The molecule has 102 valence electrons. The molecule has 4 nitrogen and oxygen atoms in total. The highest BCUT2D eigenvalue weighted by molar-refractivity contribution is 5.83. The van der Waals surface area contributed by atoms with Crippen molar-refractivity contribution in [2.24, 2.45) is 22.2 Å². The van der Waals surface area contributed by atoms with E-state index >= 15 is 0 Å². The molecule has 0 fully saturated rings. The molecule has 0 aromatic heterocycles. The molecule has 1 atom stereocenters. The topological polar surface area (TPSA) is 70.6 Å². The molecular formula is C10H20F3N3O. The average molecular weight is 255 g/mol. The van der Waals surface area contributed by atoms with Gasteiger partial charge in [-0.2, -0.15) is 13.2 Å². The van der Waals surface area contributed by atoms with Crippen molar-refractivity contribution in [1.29, 1.82) is 0 Å². The molecule has 0 saturated carbocycles. The van der Waals surface area contributed by atoms with E-state index < -0.39 is 17.9 Å². The van der Waals surface area contributed by atoms with Crippen LogP contribution in [0.2, 0.25) is 0 Å². The van der Waals surface area contributed by atoms with Crippen LogP contribution in [0.3, 0.4) is 0 Å². The van der Waals surface area contributed by atoms with Crippen LogP contribution in [0.15, 0.2) is 5.16 Å². The number of amidine groups is 1. The molecule has 0 heterocycles. The van der Waals surface area contributed by atoms with Crippen LogP contribution in [0, 0.1) is 11.3 Å². The summed E-state index contributed by atoms with van der Waals surface area (Å²) < 4.78 is 37.6. The number of oxime groups is 1. The minimum absolute atomic E-state index is 0.0821. The van der Waals surface area contributed by atoms with Crippen LogP contribution in [0.4, 0.5) is 13.2 Å². The van der Waals surface area contributed by atoms with E-state index in [-0.39, 0.29) is 12.0 Å². The Hall–Kier alpha value is -0.980. The molecule has 0 aromatic rings. The van der Waals surface area contributed by atoms with Crippen molar-refractivity contribution in [3.8, 4) is 0 Å². The summed E-state index contributed by atoms with van der Waals surface area (Å²) in [6, 6.07) is 0. The lowest BCUT2D eigenvalue weighted by molar-refractivity contribution is -0.155. The molecule has 0 aliphatic rings. The highest BCUT2D eigenvalue weighted by Crippen LogP contribution is 2.26. The number of rotatable bonds is 6. The minimum Gasteiger partial charge on any atom is -0.409 e. The van der Waals surface area contributed by atoms with Gasteiger partial charge in [0.1, 0.15) is 5.92 Å². The third-order valence-electron chi connectivity index (χ3n) is 2.78. The largest absolute Gasteiger partial charge is 0.409 e. The second kappa shape index (κ2) is 6.09. The first kappa shape index (κ1) is 16.0. The van der Waals surface area contributed by atoms with Gasteiger partial charge in [-0.3, -0.25) is 0 Å². The fourth-order valence-electron chi connectivity index (χ4n) is 1.14. The van der Waals surface area contributed by atoms with Gasteiger partial charge in [0.15, 0.2) is 5.84 Å². The van der Waals surface area contributed by atoms with Gasteiger partial charge in [-0.25, -0.2) is 0 Å². The van der Waals surface area contributed by atoms with Crippen LogP contribution in [-0.2, 0) is 0 Å². The fraction of sp³-hybridized carbons (Fsp3) is 0.900. The summed E-state index contributed by atoms with van der Waals surface area (Å²) in [6.07, 6.45) is -3.67. The SMILES string of the molecule is CCC(C)(C)CNCC(C(N)=NO)C(F)(F)F. The normalized spacial score (nSPS) is 16.0. The first-order chi connectivity index (χ1) is 7.64. The third-order valence-corrected chi connectivity index (χ3v) is 2.78. The maximum Gasteiger partial charge on any atom is 0.400 e.